The van der Waals surface area contributed by atoms with Gasteiger partial charge in [0.05, 0.1) is 0 Å². The molecule has 0 bridgehead atoms. The summed E-state index contributed by atoms with van der Waals surface area (Å²) in [7, 11) is -3.82. The van der Waals surface area contributed by atoms with Gasteiger partial charge in [-0.1, -0.05) is 57.5 Å². The second kappa shape index (κ2) is 12.8. The molecule has 2 aromatic carbocycles. The van der Waals surface area contributed by atoms with Crippen molar-refractivity contribution in [1.82, 2.24) is 14.9 Å². The number of benzene rings is 2. The van der Waals surface area contributed by atoms with E-state index in [4.69, 9.17) is 0 Å². The molecule has 192 valence electrons. The van der Waals surface area contributed by atoms with Crippen LogP contribution in [0.4, 0.5) is 4.39 Å². The van der Waals surface area contributed by atoms with Gasteiger partial charge in [-0.15, -0.1) is 6.54 Å². The minimum atomic E-state index is -3.82. The fourth-order valence-electron chi connectivity index (χ4n) is 3.43. The number of amides is 1. The quantitative estimate of drug-likeness (QED) is 0.301. The molecule has 0 unspecified atom stereocenters. The van der Waals surface area contributed by atoms with Gasteiger partial charge >= 0.3 is 29.6 Å². The number of hydrogen-bond donors (Lipinski definition) is 2. The van der Waals surface area contributed by atoms with E-state index in [1.807, 2.05) is 0 Å². The number of nitrogens with zero attached hydrogens (tertiary/aromatic N) is 3. The van der Waals surface area contributed by atoms with E-state index in [9.17, 15) is 27.5 Å². The van der Waals surface area contributed by atoms with Crippen molar-refractivity contribution in [3.63, 3.8) is 0 Å². The molecule has 0 aliphatic rings. The average molecular weight is 539 g/mol. The third kappa shape index (κ3) is 7.96. The van der Waals surface area contributed by atoms with Crippen molar-refractivity contribution in [1.29, 1.82) is 0 Å². The van der Waals surface area contributed by atoms with Crippen LogP contribution in [0.15, 0.2) is 64.3 Å². The normalized spacial score (nSPS) is 11.6. The maximum absolute atomic E-state index is 13.1. The molecule has 0 aliphatic heterocycles. The van der Waals surface area contributed by atoms with Crippen molar-refractivity contribution in [2.24, 2.45) is 0 Å². The molecule has 1 heterocycles. The fourth-order valence-corrected chi connectivity index (χ4v) is 4.45. The van der Waals surface area contributed by atoms with E-state index in [2.05, 4.69) is 15.0 Å². The van der Waals surface area contributed by atoms with E-state index in [0.29, 0.717) is 5.56 Å². The van der Waals surface area contributed by atoms with Crippen LogP contribution in [0, 0.1) is 5.82 Å². The van der Waals surface area contributed by atoms with Crippen molar-refractivity contribution < 1.29 is 52.3 Å². The Morgan fingerprint density at radius 1 is 1.11 bits per heavy atom. The van der Waals surface area contributed by atoms with Gasteiger partial charge in [-0.2, -0.15) is 0 Å². The van der Waals surface area contributed by atoms with E-state index in [1.54, 1.807) is 39.0 Å². The average Bonchev–Trinajstić information content (AvgIpc) is 2.83. The number of rotatable bonds is 9. The standard InChI is InChI=1S/C25H28FN4O5S.Na/c1-25(2,3)24-29-20(22(32)27-16-17-10-12-18(26)13-11-17)21(31)23(33)30(24)15-7-14-28-36(34,35)19-8-5-4-6-9-19;/h4-6,8-13H,7,14-16H2,1-3H3,(H2,27,31,32);/q-1;+1. The first-order valence-electron chi connectivity index (χ1n) is 11.3. The SMILES string of the molecule is CC(C)(C)c1nc(C(=O)NCc2ccc(F)cc2)c(O)c(=O)n1CCC[N-]S(=O)(=O)c1ccccc1.[Na+]. The number of halogens is 1. The van der Waals surface area contributed by atoms with Crippen molar-refractivity contribution in [2.75, 3.05) is 6.54 Å². The molecule has 0 saturated carbocycles. The van der Waals surface area contributed by atoms with Crippen LogP contribution >= 0.6 is 0 Å². The fraction of sp³-hybridized carbons (Fsp3) is 0.320. The van der Waals surface area contributed by atoms with E-state index >= 15 is 0 Å². The Morgan fingerprint density at radius 2 is 1.73 bits per heavy atom. The molecule has 1 amide bonds. The Hall–Kier alpha value is -2.57. The van der Waals surface area contributed by atoms with Crippen LogP contribution in [0.1, 0.15) is 49.1 Å². The first-order chi connectivity index (χ1) is 16.9. The van der Waals surface area contributed by atoms with Gasteiger partial charge < -0.3 is 15.1 Å². The van der Waals surface area contributed by atoms with Crippen molar-refractivity contribution >= 4 is 15.9 Å². The Bertz CT molecular complexity index is 1390. The summed E-state index contributed by atoms with van der Waals surface area (Å²) in [6.07, 6.45) is 0.187. The molecule has 1 aromatic heterocycles. The smallest absolute Gasteiger partial charge is 0.545 e. The van der Waals surface area contributed by atoms with Crippen LogP contribution in [-0.4, -0.2) is 35.5 Å². The molecule has 9 nitrogen and oxygen atoms in total. The molecular formula is C25H28FN4NaO5S. The molecule has 0 aliphatic carbocycles. The maximum Gasteiger partial charge on any atom is 1.00 e. The molecular weight excluding hydrogens is 510 g/mol. The first kappa shape index (κ1) is 30.7. The van der Waals surface area contributed by atoms with Gasteiger partial charge in [0, 0.05) is 23.4 Å². The predicted molar refractivity (Wildman–Crippen MR) is 133 cm³/mol. The Labute approximate surface area is 237 Å². The Balaban J connectivity index is 0.00000481. The third-order valence-electron chi connectivity index (χ3n) is 5.24. The van der Waals surface area contributed by atoms with Crippen molar-refractivity contribution in [2.45, 2.75) is 50.6 Å². The largest absolute Gasteiger partial charge is 1.00 e. The summed E-state index contributed by atoms with van der Waals surface area (Å²) in [5, 5.41) is 13.1. The number of carbonyl (C=O) groups excluding carboxylic acids is 1. The van der Waals surface area contributed by atoms with Gasteiger partial charge in [0.1, 0.15) is 21.7 Å². The predicted octanol–water partition coefficient (Wildman–Crippen LogP) is 0.472. The molecule has 2 N–H and O–H groups in total. The van der Waals surface area contributed by atoms with Crippen LogP contribution in [-0.2, 0) is 28.5 Å². The van der Waals surface area contributed by atoms with Gasteiger partial charge in [-0.3, -0.25) is 14.2 Å². The molecule has 0 fully saturated rings. The Kier molecular flexibility index (Phi) is 10.6. The van der Waals surface area contributed by atoms with Crippen LogP contribution in [0.5, 0.6) is 5.75 Å². The number of nitrogens with one attached hydrogen (secondary N) is 1. The number of aromatic nitrogens is 2. The zero-order valence-corrected chi connectivity index (χ0v) is 24.0. The Morgan fingerprint density at radius 3 is 2.32 bits per heavy atom. The van der Waals surface area contributed by atoms with Crippen LogP contribution in [0.3, 0.4) is 0 Å². The van der Waals surface area contributed by atoms with E-state index in [1.165, 1.54) is 41.0 Å². The number of carbonyl (C=O) groups is 1. The molecule has 0 saturated heterocycles. The van der Waals surface area contributed by atoms with E-state index in [-0.39, 0.29) is 66.3 Å². The van der Waals surface area contributed by atoms with Crippen LogP contribution in [0.25, 0.3) is 4.72 Å². The maximum atomic E-state index is 13.1. The zero-order valence-electron chi connectivity index (χ0n) is 21.2. The van der Waals surface area contributed by atoms with Gasteiger partial charge in [0.25, 0.3) is 11.5 Å². The summed E-state index contributed by atoms with van der Waals surface area (Å²) >= 11 is 0. The first-order valence-corrected chi connectivity index (χ1v) is 12.7. The van der Waals surface area contributed by atoms with Gasteiger partial charge in [0.2, 0.25) is 5.75 Å². The second-order valence-corrected chi connectivity index (χ2v) is 10.8. The zero-order chi connectivity index (χ0) is 26.5. The van der Waals surface area contributed by atoms with Gasteiger partial charge in [-0.05, 0) is 29.8 Å². The van der Waals surface area contributed by atoms with Gasteiger partial charge in [0.15, 0.2) is 5.69 Å². The van der Waals surface area contributed by atoms with Crippen LogP contribution < -0.4 is 40.4 Å². The number of aromatic hydroxyl groups is 1. The topological polar surface area (TPSA) is 132 Å². The minimum absolute atomic E-state index is 0. The molecule has 3 aromatic rings. The van der Waals surface area contributed by atoms with Crippen molar-refractivity contribution in [3.05, 3.63) is 92.6 Å². The van der Waals surface area contributed by atoms with E-state index < -0.39 is 44.2 Å². The molecule has 0 spiro atoms. The molecule has 37 heavy (non-hydrogen) atoms. The molecule has 3 rings (SSSR count). The summed E-state index contributed by atoms with van der Waals surface area (Å²) in [5.41, 5.74) is -1.28. The molecule has 0 atom stereocenters. The molecule has 12 heteroatoms. The summed E-state index contributed by atoms with van der Waals surface area (Å²) < 4.78 is 42.8. The van der Waals surface area contributed by atoms with Crippen molar-refractivity contribution in [3.8, 4) is 5.75 Å². The summed E-state index contributed by atoms with van der Waals surface area (Å²) in [6.45, 7) is 5.41. The van der Waals surface area contributed by atoms with E-state index in [0.717, 1.165) is 0 Å². The number of sulfonamides is 1. The molecule has 0 radical (unpaired) electrons. The second-order valence-electron chi connectivity index (χ2n) is 9.14. The monoisotopic (exact) mass is 538 g/mol. The summed E-state index contributed by atoms with van der Waals surface area (Å²) in [4.78, 5) is 30.1. The van der Waals surface area contributed by atoms with Crippen LogP contribution in [0.2, 0.25) is 0 Å². The van der Waals surface area contributed by atoms with Gasteiger partial charge in [-0.25, -0.2) is 17.8 Å². The minimum Gasteiger partial charge on any atom is -0.545 e. The number of hydrogen-bond acceptors (Lipinski definition) is 6. The summed E-state index contributed by atoms with van der Waals surface area (Å²) in [6, 6.07) is 13.3. The third-order valence-corrected chi connectivity index (χ3v) is 6.63. The summed E-state index contributed by atoms with van der Waals surface area (Å²) in [5.74, 6) is -1.72.